The van der Waals surface area contributed by atoms with Gasteiger partial charge < -0.3 is 4.74 Å². The lowest BCUT2D eigenvalue weighted by atomic mass is 10.0. The van der Waals surface area contributed by atoms with Gasteiger partial charge in [-0.25, -0.2) is 8.78 Å². The Morgan fingerprint density at radius 2 is 2.07 bits per heavy atom. The standard InChI is InChI=1S/C12H12F2O/c13-12(14,9-1-2-9)10-3-4-11-8(7-10)5-6-15-11/h3-4,7,9H,1-2,5-6H2. The SMILES string of the molecule is FC(F)(c1ccc2c(c1)CCO2)C1CC1. The molecule has 0 unspecified atom stereocenters. The third-order valence-corrected chi connectivity index (χ3v) is 3.16. The summed E-state index contributed by atoms with van der Waals surface area (Å²) in [5, 5.41) is 0. The van der Waals surface area contributed by atoms with E-state index in [1.807, 2.05) is 0 Å². The number of hydrogen-bond donors (Lipinski definition) is 0. The Morgan fingerprint density at radius 1 is 1.27 bits per heavy atom. The van der Waals surface area contributed by atoms with E-state index in [0.29, 0.717) is 19.4 Å². The molecular formula is C12H12F2O. The van der Waals surface area contributed by atoms with Gasteiger partial charge in [-0.2, -0.15) is 0 Å². The number of fused-ring (bicyclic) bond motifs is 1. The largest absolute Gasteiger partial charge is 0.493 e. The number of halogens is 2. The summed E-state index contributed by atoms with van der Waals surface area (Å²) in [7, 11) is 0. The predicted molar refractivity (Wildman–Crippen MR) is 52.3 cm³/mol. The molecule has 0 aromatic heterocycles. The first-order valence-electron chi connectivity index (χ1n) is 5.32. The molecule has 1 saturated carbocycles. The average Bonchev–Trinajstić information content (AvgIpc) is 2.97. The summed E-state index contributed by atoms with van der Waals surface area (Å²) in [6.07, 6.45) is 2.06. The lowest BCUT2D eigenvalue weighted by molar-refractivity contribution is -0.0286. The van der Waals surface area contributed by atoms with Crippen LogP contribution in [0, 0.1) is 5.92 Å². The molecule has 1 aliphatic carbocycles. The second-order valence-electron chi connectivity index (χ2n) is 4.32. The van der Waals surface area contributed by atoms with E-state index in [0.717, 1.165) is 17.7 Å². The summed E-state index contributed by atoms with van der Waals surface area (Å²) in [5.74, 6) is -2.30. The molecule has 1 heterocycles. The Balaban J connectivity index is 1.98. The van der Waals surface area contributed by atoms with Crippen LogP contribution in [0.15, 0.2) is 18.2 Å². The van der Waals surface area contributed by atoms with E-state index >= 15 is 0 Å². The van der Waals surface area contributed by atoms with Crippen molar-refractivity contribution < 1.29 is 13.5 Å². The molecule has 0 bridgehead atoms. The topological polar surface area (TPSA) is 9.23 Å². The van der Waals surface area contributed by atoms with Crippen LogP contribution in [-0.4, -0.2) is 6.61 Å². The van der Waals surface area contributed by atoms with E-state index in [9.17, 15) is 8.78 Å². The smallest absolute Gasteiger partial charge is 0.276 e. The van der Waals surface area contributed by atoms with Gasteiger partial charge in [-0.1, -0.05) is 0 Å². The molecule has 3 rings (SSSR count). The van der Waals surface area contributed by atoms with E-state index in [1.54, 1.807) is 12.1 Å². The summed E-state index contributed by atoms with van der Waals surface area (Å²) in [6, 6.07) is 4.79. The van der Waals surface area contributed by atoms with Crippen molar-refractivity contribution in [3.63, 3.8) is 0 Å². The Hall–Kier alpha value is -1.12. The zero-order valence-electron chi connectivity index (χ0n) is 8.30. The van der Waals surface area contributed by atoms with Crippen molar-refractivity contribution in [2.45, 2.75) is 25.2 Å². The van der Waals surface area contributed by atoms with Crippen LogP contribution in [0.4, 0.5) is 8.78 Å². The maximum absolute atomic E-state index is 13.8. The van der Waals surface area contributed by atoms with Crippen molar-refractivity contribution in [3.05, 3.63) is 29.3 Å². The van der Waals surface area contributed by atoms with Crippen molar-refractivity contribution >= 4 is 0 Å². The lowest BCUT2D eigenvalue weighted by Crippen LogP contribution is -2.16. The van der Waals surface area contributed by atoms with E-state index in [4.69, 9.17) is 4.74 Å². The Labute approximate surface area is 87.1 Å². The Kier molecular flexibility index (Phi) is 1.79. The van der Waals surface area contributed by atoms with Crippen LogP contribution in [0.2, 0.25) is 0 Å². The van der Waals surface area contributed by atoms with Gasteiger partial charge in [0.05, 0.1) is 6.61 Å². The van der Waals surface area contributed by atoms with Crippen LogP contribution < -0.4 is 4.74 Å². The third kappa shape index (κ3) is 1.41. The maximum Gasteiger partial charge on any atom is 0.276 e. The minimum Gasteiger partial charge on any atom is -0.493 e. The number of ether oxygens (including phenoxy) is 1. The average molecular weight is 210 g/mol. The highest BCUT2D eigenvalue weighted by Gasteiger charge is 2.48. The number of hydrogen-bond acceptors (Lipinski definition) is 1. The highest BCUT2D eigenvalue weighted by Crippen LogP contribution is 2.50. The number of rotatable bonds is 2. The molecule has 1 fully saturated rings. The molecule has 0 amide bonds. The fraction of sp³-hybridized carbons (Fsp3) is 0.500. The zero-order chi connectivity index (χ0) is 10.5. The van der Waals surface area contributed by atoms with Gasteiger partial charge in [0, 0.05) is 17.9 Å². The zero-order valence-corrected chi connectivity index (χ0v) is 8.30. The van der Waals surface area contributed by atoms with Crippen molar-refractivity contribution in [3.8, 4) is 5.75 Å². The van der Waals surface area contributed by atoms with Gasteiger partial charge in [0.2, 0.25) is 0 Å². The van der Waals surface area contributed by atoms with Crippen LogP contribution in [0.3, 0.4) is 0 Å². The van der Waals surface area contributed by atoms with Crippen molar-refractivity contribution in [1.29, 1.82) is 0 Å². The van der Waals surface area contributed by atoms with Gasteiger partial charge in [-0.3, -0.25) is 0 Å². The van der Waals surface area contributed by atoms with Crippen LogP contribution in [0.5, 0.6) is 5.75 Å². The molecule has 2 aliphatic rings. The van der Waals surface area contributed by atoms with Crippen LogP contribution in [0.1, 0.15) is 24.0 Å². The van der Waals surface area contributed by atoms with Gasteiger partial charge in [0.25, 0.3) is 5.92 Å². The molecule has 1 nitrogen and oxygen atoms in total. The monoisotopic (exact) mass is 210 g/mol. The van der Waals surface area contributed by atoms with Crippen LogP contribution in [0.25, 0.3) is 0 Å². The molecule has 0 spiro atoms. The molecular weight excluding hydrogens is 198 g/mol. The Morgan fingerprint density at radius 3 is 2.80 bits per heavy atom. The highest BCUT2D eigenvalue weighted by atomic mass is 19.3. The molecule has 1 aromatic carbocycles. The van der Waals surface area contributed by atoms with E-state index < -0.39 is 11.8 Å². The predicted octanol–water partition coefficient (Wildman–Crippen LogP) is 3.12. The number of alkyl halides is 2. The fourth-order valence-corrected chi connectivity index (χ4v) is 2.08. The van der Waals surface area contributed by atoms with Crippen LogP contribution >= 0.6 is 0 Å². The van der Waals surface area contributed by atoms with Gasteiger partial charge in [0.15, 0.2) is 0 Å². The summed E-state index contributed by atoms with van der Waals surface area (Å²) >= 11 is 0. The molecule has 15 heavy (non-hydrogen) atoms. The van der Waals surface area contributed by atoms with Crippen molar-refractivity contribution in [2.75, 3.05) is 6.61 Å². The van der Waals surface area contributed by atoms with E-state index in [1.165, 1.54) is 6.07 Å². The second kappa shape index (κ2) is 2.94. The Bertz CT molecular complexity index is 397. The second-order valence-corrected chi connectivity index (χ2v) is 4.32. The summed E-state index contributed by atoms with van der Waals surface area (Å²) < 4.78 is 32.8. The first-order chi connectivity index (χ1) is 7.18. The highest BCUT2D eigenvalue weighted by molar-refractivity contribution is 5.41. The van der Waals surface area contributed by atoms with Gasteiger partial charge in [-0.15, -0.1) is 0 Å². The minimum atomic E-state index is -2.64. The molecule has 0 N–H and O–H groups in total. The molecule has 1 aliphatic heterocycles. The summed E-state index contributed by atoms with van der Waals surface area (Å²) in [6.45, 7) is 0.619. The normalized spacial score (nSPS) is 19.9. The van der Waals surface area contributed by atoms with Gasteiger partial charge in [0.1, 0.15) is 5.75 Å². The number of benzene rings is 1. The molecule has 1 aromatic rings. The van der Waals surface area contributed by atoms with Crippen LogP contribution in [-0.2, 0) is 12.3 Å². The fourth-order valence-electron chi connectivity index (χ4n) is 2.08. The first-order valence-corrected chi connectivity index (χ1v) is 5.32. The quantitative estimate of drug-likeness (QED) is 0.728. The van der Waals surface area contributed by atoms with Crippen molar-refractivity contribution in [2.24, 2.45) is 5.92 Å². The molecule has 3 heteroatoms. The van der Waals surface area contributed by atoms with Gasteiger partial charge in [-0.05, 0) is 36.6 Å². The molecule has 0 saturated heterocycles. The first kappa shape index (κ1) is 9.13. The maximum atomic E-state index is 13.8. The third-order valence-electron chi connectivity index (χ3n) is 3.16. The van der Waals surface area contributed by atoms with Gasteiger partial charge >= 0.3 is 0 Å². The van der Waals surface area contributed by atoms with Crippen molar-refractivity contribution in [1.82, 2.24) is 0 Å². The molecule has 0 atom stereocenters. The lowest BCUT2D eigenvalue weighted by Gasteiger charge is -2.16. The van der Waals surface area contributed by atoms with E-state index in [-0.39, 0.29) is 5.56 Å². The summed E-state index contributed by atoms with van der Waals surface area (Å²) in [4.78, 5) is 0. The molecule has 80 valence electrons. The van der Waals surface area contributed by atoms with E-state index in [2.05, 4.69) is 0 Å². The minimum absolute atomic E-state index is 0.161. The summed E-state index contributed by atoms with van der Waals surface area (Å²) in [5.41, 5.74) is 1.09. The molecule has 0 radical (unpaired) electrons.